The third kappa shape index (κ3) is 2.72. The Labute approximate surface area is 116 Å². The van der Waals surface area contributed by atoms with E-state index in [4.69, 9.17) is 4.74 Å². The molecule has 1 heterocycles. The Kier molecular flexibility index (Phi) is 5.16. The van der Waals surface area contributed by atoms with E-state index in [9.17, 15) is 9.59 Å². The van der Waals surface area contributed by atoms with Gasteiger partial charge in [-0.1, -0.05) is 20.8 Å². The zero-order chi connectivity index (χ0) is 13.1. The minimum absolute atomic E-state index is 0.0382. The van der Waals surface area contributed by atoms with E-state index in [0.29, 0.717) is 12.8 Å². The summed E-state index contributed by atoms with van der Waals surface area (Å²) >= 11 is 2.21. The zero-order valence-corrected chi connectivity index (χ0v) is 12.7. The number of hydrogen-bond acceptors (Lipinski definition) is 3. The molecule has 17 heavy (non-hydrogen) atoms. The van der Waals surface area contributed by atoms with E-state index in [1.165, 1.54) is 0 Å². The second-order valence-corrected chi connectivity index (χ2v) is 5.47. The van der Waals surface area contributed by atoms with Crippen LogP contribution in [-0.2, 0) is 14.3 Å². The van der Waals surface area contributed by atoms with Crippen molar-refractivity contribution in [1.29, 1.82) is 0 Å². The first-order chi connectivity index (χ1) is 8.04. The molecule has 0 saturated carbocycles. The third-order valence-corrected chi connectivity index (χ3v) is 5.07. The van der Waals surface area contributed by atoms with Crippen LogP contribution in [-0.4, -0.2) is 17.9 Å². The van der Waals surface area contributed by atoms with Crippen molar-refractivity contribution in [1.82, 2.24) is 0 Å². The molecule has 2 atom stereocenters. The summed E-state index contributed by atoms with van der Waals surface area (Å²) in [5.74, 6) is -0.247. The van der Waals surface area contributed by atoms with Gasteiger partial charge >= 0.3 is 5.97 Å². The van der Waals surface area contributed by atoms with Crippen molar-refractivity contribution in [2.24, 2.45) is 5.92 Å². The van der Waals surface area contributed by atoms with Gasteiger partial charge in [0, 0.05) is 15.9 Å². The third-order valence-electron chi connectivity index (χ3n) is 3.43. The van der Waals surface area contributed by atoms with E-state index in [2.05, 4.69) is 22.6 Å². The Bertz CT molecular complexity index is 349. The van der Waals surface area contributed by atoms with Crippen molar-refractivity contribution in [3.05, 3.63) is 9.15 Å². The maximum absolute atomic E-state index is 11.8. The van der Waals surface area contributed by atoms with Crippen molar-refractivity contribution < 1.29 is 14.3 Å². The summed E-state index contributed by atoms with van der Waals surface area (Å²) in [4.78, 5) is 22.7. The fourth-order valence-electron chi connectivity index (χ4n) is 2.16. The lowest BCUT2D eigenvalue weighted by Gasteiger charge is -2.29. The summed E-state index contributed by atoms with van der Waals surface area (Å²) in [7, 11) is 0. The van der Waals surface area contributed by atoms with Crippen LogP contribution in [0.1, 0.15) is 46.5 Å². The minimum atomic E-state index is -0.551. The molecule has 4 heteroatoms. The lowest BCUT2D eigenvalue weighted by Crippen LogP contribution is -2.32. The largest absolute Gasteiger partial charge is 0.450 e. The van der Waals surface area contributed by atoms with E-state index >= 15 is 0 Å². The van der Waals surface area contributed by atoms with Gasteiger partial charge in [0.15, 0.2) is 0 Å². The maximum Gasteiger partial charge on any atom is 0.335 e. The number of halogens is 1. The number of ether oxygens (including phenoxy) is 1. The van der Waals surface area contributed by atoms with E-state index in [1.54, 1.807) is 0 Å². The van der Waals surface area contributed by atoms with Gasteiger partial charge in [0.25, 0.3) is 0 Å². The second kappa shape index (κ2) is 5.98. The lowest BCUT2D eigenvalue weighted by atomic mass is 9.87. The van der Waals surface area contributed by atoms with Gasteiger partial charge in [-0.3, -0.25) is 0 Å². The molecule has 0 fully saturated rings. The molecule has 96 valence electrons. The molecule has 3 nitrogen and oxygen atoms in total. The predicted molar refractivity (Wildman–Crippen MR) is 74.9 cm³/mol. The van der Waals surface area contributed by atoms with Gasteiger partial charge in [0.1, 0.15) is 11.9 Å². The molecule has 1 aliphatic heterocycles. The van der Waals surface area contributed by atoms with E-state index in [0.717, 1.165) is 28.3 Å². The van der Waals surface area contributed by atoms with Crippen molar-refractivity contribution in [3.63, 3.8) is 0 Å². The summed E-state index contributed by atoms with van der Waals surface area (Å²) in [5, 5.41) is 0. The molecular weight excluding hydrogens is 331 g/mol. The molecule has 0 saturated heterocycles. The fraction of sp³-hybridized carbons (Fsp3) is 0.692. The van der Waals surface area contributed by atoms with Crippen LogP contribution < -0.4 is 0 Å². The molecule has 0 aliphatic carbocycles. The van der Waals surface area contributed by atoms with E-state index in [1.807, 2.05) is 20.8 Å². The molecule has 0 aromatic rings. The van der Waals surface area contributed by atoms with Gasteiger partial charge < -0.3 is 9.53 Å². The Morgan fingerprint density at radius 2 is 2.06 bits per heavy atom. The molecule has 0 radical (unpaired) electrons. The average Bonchev–Trinajstić information content (AvgIpc) is 2.58. The van der Waals surface area contributed by atoms with Gasteiger partial charge in [-0.05, 0) is 41.9 Å². The standard InChI is InChI=1S/C13H19IO3/c1-4-9(8-15)7-13(6-3)11(14)10(5-2)12(16)17-13/h8-9H,4-7H2,1-3H3/t9-,13-/m1/s1. The zero-order valence-electron chi connectivity index (χ0n) is 10.6. The topological polar surface area (TPSA) is 43.4 Å². The first kappa shape index (κ1) is 14.7. The smallest absolute Gasteiger partial charge is 0.335 e. The molecule has 1 aliphatic rings. The van der Waals surface area contributed by atoms with Crippen LogP contribution in [0.25, 0.3) is 0 Å². The number of cyclic esters (lactones) is 1. The van der Waals surface area contributed by atoms with Gasteiger partial charge in [-0.15, -0.1) is 0 Å². The van der Waals surface area contributed by atoms with Crippen molar-refractivity contribution in [2.45, 2.75) is 52.1 Å². The average molecular weight is 350 g/mol. The predicted octanol–water partition coefficient (Wildman–Crippen LogP) is 3.41. The molecule has 0 N–H and O–H groups in total. The first-order valence-electron chi connectivity index (χ1n) is 6.12. The van der Waals surface area contributed by atoms with E-state index < -0.39 is 5.60 Å². The number of carbonyl (C=O) groups excluding carboxylic acids is 2. The molecular formula is C13H19IO3. The van der Waals surface area contributed by atoms with Crippen LogP contribution in [0.3, 0.4) is 0 Å². The van der Waals surface area contributed by atoms with Crippen LogP contribution in [0.2, 0.25) is 0 Å². The van der Waals surface area contributed by atoms with Crippen LogP contribution >= 0.6 is 22.6 Å². The molecule has 0 unspecified atom stereocenters. The number of hydrogen-bond donors (Lipinski definition) is 0. The van der Waals surface area contributed by atoms with Crippen LogP contribution in [0, 0.1) is 5.92 Å². The summed E-state index contributed by atoms with van der Waals surface area (Å²) in [5.41, 5.74) is 0.220. The number of rotatable bonds is 6. The van der Waals surface area contributed by atoms with Crippen molar-refractivity contribution in [3.8, 4) is 0 Å². The number of carbonyl (C=O) groups is 2. The monoisotopic (exact) mass is 350 g/mol. The number of esters is 1. The highest BCUT2D eigenvalue weighted by Gasteiger charge is 2.45. The van der Waals surface area contributed by atoms with E-state index in [-0.39, 0.29) is 11.9 Å². The lowest BCUT2D eigenvalue weighted by molar-refractivity contribution is -0.148. The van der Waals surface area contributed by atoms with Crippen LogP contribution in [0.4, 0.5) is 0 Å². The van der Waals surface area contributed by atoms with Gasteiger partial charge in [-0.25, -0.2) is 4.79 Å². The summed E-state index contributed by atoms with van der Waals surface area (Å²) < 4.78 is 6.56. The fourth-order valence-corrected chi connectivity index (χ4v) is 3.48. The quantitative estimate of drug-likeness (QED) is 0.419. The molecule has 0 aromatic carbocycles. The molecule has 1 rings (SSSR count). The Morgan fingerprint density at radius 1 is 1.41 bits per heavy atom. The highest BCUT2D eigenvalue weighted by Crippen LogP contribution is 2.44. The SMILES string of the molecule is CCC1=C(I)[C@@](CC)(C[C@H](C=O)CC)OC1=O. The highest BCUT2D eigenvalue weighted by atomic mass is 127. The van der Waals surface area contributed by atoms with Gasteiger partial charge in [0.05, 0.1) is 5.57 Å². The maximum atomic E-state index is 11.8. The molecule has 0 spiro atoms. The summed E-state index contributed by atoms with van der Waals surface area (Å²) in [6.07, 6.45) is 3.78. The highest BCUT2D eigenvalue weighted by molar-refractivity contribution is 14.1. The van der Waals surface area contributed by atoms with Gasteiger partial charge in [-0.2, -0.15) is 0 Å². The first-order valence-corrected chi connectivity index (χ1v) is 7.20. The number of aldehydes is 1. The normalized spacial score (nSPS) is 26.0. The molecule has 0 amide bonds. The van der Waals surface area contributed by atoms with Crippen LogP contribution in [0.15, 0.2) is 9.15 Å². The Morgan fingerprint density at radius 3 is 2.41 bits per heavy atom. The summed E-state index contributed by atoms with van der Waals surface area (Å²) in [6, 6.07) is 0. The second-order valence-electron chi connectivity index (χ2n) is 4.39. The Balaban J connectivity index is 3.02. The van der Waals surface area contributed by atoms with Gasteiger partial charge in [0.2, 0.25) is 0 Å². The Hall–Kier alpha value is -0.390. The van der Waals surface area contributed by atoms with Crippen molar-refractivity contribution >= 4 is 34.8 Å². The van der Waals surface area contributed by atoms with Crippen molar-refractivity contribution in [2.75, 3.05) is 0 Å². The molecule has 0 aromatic heterocycles. The minimum Gasteiger partial charge on any atom is -0.450 e. The van der Waals surface area contributed by atoms with Crippen LogP contribution in [0.5, 0.6) is 0 Å². The molecule has 0 bridgehead atoms. The summed E-state index contributed by atoms with van der Waals surface area (Å²) in [6.45, 7) is 5.94.